The lowest BCUT2D eigenvalue weighted by atomic mass is 9.85. The molecule has 0 N–H and O–H groups in total. The molecule has 0 spiro atoms. The zero-order chi connectivity index (χ0) is 24.8. The molecule has 0 aliphatic carbocycles. The highest BCUT2D eigenvalue weighted by atomic mass is 32.2. The monoisotopic (exact) mass is 494 g/mol. The number of hydrogen-bond acceptors (Lipinski definition) is 4. The summed E-state index contributed by atoms with van der Waals surface area (Å²) in [5.41, 5.74) is -2.22. The topological polar surface area (TPSA) is 67.3 Å². The summed E-state index contributed by atoms with van der Waals surface area (Å²) in [4.78, 5) is 16.8. The highest BCUT2D eigenvalue weighted by molar-refractivity contribution is 7.92. The van der Waals surface area contributed by atoms with Crippen LogP contribution >= 0.6 is 0 Å². The van der Waals surface area contributed by atoms with Crippen molar-refractivity contribution in [2.75, 3.05) is 11.4 Å². The highest BCUT2D eigenvalue weighted by Crippen LogP contribution is 2.42. The normalized spacial score (nSPS) is 18.5. The predicted molar refractivity (Wildman–Crippen MR) is 107 cm³/mol. The molecular weight excluding hydrogens is 474 g/mol. The number of alkyl halides is 6. The van der Waals surface area contributed by atoms with Crippen LogP contribution in [-0.2, 0) is 27.0 Å². The maximum absolute atomic E-state index is 13.3. The Bertz CT molecular complexity index is 1160. The minimum absolute atomic E-state index is 0.0187. The standard InChI is InChI=1S/C21H20F6N2O3S/c1-19(2,33(31,32)15-6-3-5-14(11-15)20(22,23)24)13-8-10-29(17(30)12-13)18-16(21(25,26)27)7-4-9-28-18/h3-7,9,11,13H,8,10,12H2,1-2H3. The molecule has 3 rings (SSSR count). The molecule has 1 aromatic heterocycles. The molecule has 1 aromatic carbocycles. The van der Waals surface area contributed by atoms with Gasteiger partial charge in [-0.25, -0.2) is 13.4 Å². The van der Waals surface area contributed by atoms with E-state index in [1.54, 1.807) is 0 Å². The summed E-state index contributed by atoms with van der Waals surface area (Å²) in [6, 6.07) is 5.21. The first-order valence-corrected chi connectivity index (χ1v) is 11.3. The third-order valence-electron chi connectivity index (χ3n) is 5.92. The number of nitrogens with zero attached hydrogens (tertiary/aromatic N) is 2. The molecule has 0 bridgehead atoms. The molecule has 1 saturated heterocycles. The van der Waals surface area contributed by atoms with Crippen LogP contribution in [0.1, 0.15) is 37.8 Å². The van der Waals surface area contributed by atoms with Crippen LogP contribution in [0.3, 0.4) is 0 Å². The van der Waals surface area contributed by atoms with Gasteiger partial charge in [0.2, 0.25) is 5.91 Å². The van der Waals surface area contributed by atoms with Crippen molar-refractivity contribution in [3.63, 3.8) is 0 Å². The molecule has 1 aliphatic heterocycles. The largest absolute Gasteiger partial charge is 0.419 e. The number of benzene rings is 1. The molecule has 0 saturated carbocycles. The Morgan fingerprint density at radius 2 is 1.67 bits per heavy atom. The first kappa shape index (κ1) is 25.0. The fraction of sp³-hybridized carbons (Fsp3) is 0.429. The zero-order valence-corrected chi connectivity index (χ0v) is 18.4. The van der Waals surface area contributed by atoms with E-state index in [1.807, 2.05) is 0 Å². The van der Waals surface area contributed by atoms with Gasteiger partial charge >= 0.3 is 12.4 Å². The smallest absolute Gasteiger partial charge is 0.296 e. The Balaban J connectivity index is 1.89. The second-order valence-electron chi connectivity index (χ2n) is 8.24. The van der Waals surface area contributed by atoms with E-state index in [-0.39, 0.29) is 13.0 Å². The number of sulfone groups is 1. The van der Waals surface area contributed by atoms with Gasteiger partial charge in [-0.3, -0.25) is 9.69 Å². The Labute approximate surface area is 186 Å². The van der Waals surface area contributed by atoms with Gasteiger partial charge in [0, 0.05) is 19.2 Å². The van der Waals surface area contributed by atoms with Crippen LogP contribution in [0, 0.1) is 5.92 Å². The third-order valence-corrected chi connectivity index (χ3v) is 8.51. The third kappa shape index (κ3) is 4.71. The van der Waals surface area contributed by atoms with Gasteiger partial charge in [0.05, 0.1) is 20.8 Å². The van der Waals surface area contributed by atoms with Gasteiger partial charge in [-0.15, -0.1) is 0 Å². The Morgan fingerprint density at radius 3 is 2.24 bits per heavy atom. The summed E-state index contributed by atoms with van der Waals surface area (Å²) in [5, 5.41) is 0. The number of amides is 1. The molecule has 1 fully saturated rings. The summed E-state index contributed by atoms with van der Waals surface area (Å²) in [7, 11) is -4.32. The Kier molecular flexibility index (Phi) is 6.29. The van der Waals surface area contributed by atoms with Crippen LogP contribution in [0.25, 0.3) is 0 Å². The van der Waals surface area contributed by atoms with Crippen molar-refractivity contribution in [2.24, 2.45) is 5.92 Å². The molecule has 12 heteroatoms. The van der Waals surface area contributed by atoms with Gasteiger partial charge in [-0.2, -0.15) is 26.3 Å². The van der Waals surface area contributed by atoms with Crippen molar-refractivity contribution < 1.29 is 39.6 Å². The van der Waals surface area contributed by atoms with Crippen LogP contribution in [0.4, 0.5) is 32.2 Å². The van der Waals surface area contributed by atoms with Gasteiger partial charge in [-0.1, -0.05) is 6.07 Å². The van der Waals surface area contributed by atoms with Gasteiger partial charge < -0.3 is 0 Å². The molecule has 2 heterocycles. The van der Waals surface area contributed by atoms with Gasteiger partial charge in [0.15, 0.2) is 9.84 Å². The Morgan fingerprint density at radius 1 is 1.00 bits per heavy atom. The Hall–Kier alpha value is -2.63. The van der Waals surface area contributed by atoms with E-state index in [0.29, 0.717) is 6.07 Å². The van der Waals surface area contributed by atoms with Crippen molar-refractivity contribution in [1.82, 2.24) is 4.98 Å². The van der Waals surface area contributed by atoms with E-state index < -0.39 is 67.0 Å². The quantitative estimate of drug-likeness (QED) is 0.554. The number of carbonyl (C=O) groups excluding carboxylic acids is 1. The van der Waals surface area contributed by atoms with E-state index >= 15 is 0 Å². The molecule has 180 valence electrons. The summed E-state index contributed by atoms with van der Waals surface area (Å²) >= 11 is 0. The molecule has 2 aromatic rings. The number of halogens is 6. The van der Waals surface area contributed by atoms with Crippen LogP contribution in [0.15, 0.2) is 47.5 Å². The van der Waals surface area contributed by atoms with Crippen molar-refractivity contribution in [2.45, 2.75) is 48.7 Å². The van der Waals surface area contributed by atoms with E-state index in [4.69, 9.17) is 0 Å². The van der Waals surface area contributed by atoms with Crippen LogP contribution < -0.4 is 4.90 Å². The number of pyridine rings is 1. The summed E-state index contributed by atoms with van der Waals surface area (Å²) < 4.78 is 104. The van der Waals surface area contributed by atoms with Crippen LogP contribution in [0.2, 0.25) is 0 Å². The molecule has 0 radical (unpaired) electrons. The van der Waals surface area contributed by atoms with Crippen molar-refractivity contribution in [1.29, 1.82) is 0 Å². The van der Waals surface area contributed by atoms with E-state index in [2.05, 4.69) is 4.98 Å². The number of carbonyl (C=O) groups is 1. The molecule has 1 aliphatic rings. The summed E-state index contributed by atoms with van der Waals surface area (Å²) in [5.74, 6) is -2.14. The summed E-state index contributed by atoms with van der Waals surface area (Å²) in [6.07, 6.45) is -8.75. The lowest BCUT2D eigenvalue weighted by Gasteiger charge is -2.39. The fourth-order valence-corrected chi connectivity index (χ4v) is 5.63. The van der Waals surface area contributed by atoms with E-state index in [9.17, 15) is 39.6 Å². The number of aromatic nitrogens is 1. The molecule has 33 heavy (non-hydrogen) atoms. The minimum atomic E-state index is -4.74. The zero-order valence-electron chi connectivity index (χ0n) is 17.5. The van der Waals surface area contributed by atoms with Crippen LogP contribution in [0.5, 0.6) is 0 Å². The van der Waals surface area contributed by atoms with Crippen LogP contribution in [-0.4, -0.2) is 30.6 Å². The van der Waals surface area contributed by atoms with Gasteiger partial charge in [0.1, 0.15) is 5.82 Å². The average Bonchev–Trinajstić information content (AvgIpc) is 2.72. The van der Waals surface area contributed by atoms with Crippen molar-refractivity contribution in [3.8, 4) is 0 Å². The highest BCUT2D eigenvalue weighted by Gasteiger charge is 2.47. The predicted octanol–water partition coefficient (Wildman–Crippen LogP) is 5.11. The number of hydrogen-bond donors (Lipinski definition) is 0. The molecule has 5 nitrogen and oxygen atoms in total. The van der Waals surface area contributed by atoms with E-state index in [1.165, 1.54) is 13.8 Å². The fourth-order valence-electron chi connectivity index (χ4n) is 3.85. The second-order valence-corrected chi connectivity index (χ2v) is 10.8. The summed E-state index contributed by atoms with van der Waals surface area (Å²) in [6.45, 7) is 2.39. The van der Waals surface area contributed by atoms with Gasteiger partial charge in [0.25, 0.3) is 0 Å². The van der Waals surface area contributed by atoms with Crippen molar-refractivity contribution in [3.05, 3.63) is 53.7 Å². The van der Waals surface area contributed by atoms with Crippen molar-refractivity contribution >= 4 is 21.6 Å². The molecular formula is C21H20F6N2O3S. The number of piperidine rings is 1. The second kappa shape index (κ2) is 8.30. The van der Waals surface area contributed by atoms with E-state index in [0.717, 1.165) is 41.4 Å². The first-order valence-electron chi connectivity index (χ1n) is 9.81. The molecule has 1 unspecified atom stereocenters. The first-order chi connectivity index (χ1) is 15.1. The molecule has 1 amide bonds. The maximum Gasteiger partial charge on any atom is 0.419 e. The lowest BCUT2D eigenvalue weighted by molar-refractivity contribution is -0.138. The average molecular weight is 494 g/mol. The molecule has 1 atom stereocenters. The number of anilines is 1. The maximum atomic E-state index is 13.3. The lowest BCUT2D eigenvalue weighted by Crippen LogP contribution is -2.49. The van der Waals surface area contributed by atoms with Gasteiger partial charge in [-0.05, 0) is 56.5 Å². The minimum Gasteiger partial charge on any atom is -0.296 e. The SMILES string of the molecule is CC(C)(C1CCN(c2ncccc2C(F)(F)F)C(=O)C1)S(=O)(=O)c1cccc(C(F)(F)F)c1. The number of rotatable bonds is 4.